The van der Waals surface area contributed by atoms with Crippen molar-refractivity contribution in [3.05, 3.63) is 95.3 Å². The van der Waals surface area contributed by atoms with E-state index in [1.807, 2.05) is 44.2 Å². The molecule has 1 unspecified atom stereocenters. The Bertz CT molecular complexity index is 1130. The summed E-state index contributed by atoms with van der Waals surface area (Å²) in [5.41, 5.74) is 1.79. The van der Waals surface area contributed by atoms with Gasteiger partial charge in [-0.05, 0) is 48.4 Å². The maximum atomic E-state index is 13.0. The second-order valence-electron chi connectivity index (χ2n) is 8.14. The van der Waals surface area contributed by atoms with Gasteiger partial charge in [0, 0.05) is 22.2 Å². The number of amides is 1. The van der Waals surface area contributed by atoms with Crippen molar-refractivity contribution in [2.75, 3.05) is 5.32 Å². The van der Waals surface area contributed by atoms with E-state index in [2.05, 4.69) is 25.9 Å². The first kappa shape index (κ1) is 23.8. The van der Waals surface area contributed by atoms with E-state index in [9.17, 15) is 10.1 Å². The minimum Gasteiger partial charge on any atom is -0.335 e. The highest BCUT2D eigenvalue weighted by Gasteiger charge is 2.32. The molecule has 33 heavy (non-hydrogen) atoms. The van der Waals surface area contributed by atoms with Crippen molar-refractivity contribution in [3.63, 3.8) is 0 Å². The van der Waals surface area contributed by atoms with Gasteiger partial charge in [-0.2, -0.15) is 5.26 Å². The summed E-state index contributed by atoms with van der Waals surface area (Å²) in [6, 6.07) is 20.2. The standard InChI is InChI=1S/C25H25ClN6O/c1-25(2,15-18-7-4-3-5-8-18)23(31-22(33)19-10-12-20(26)13-11-19)32-24(29-17-27)30-21-9-6-14-28-16-21/h3-14,16,23H,15H2,1-2H3,(H,31,33)(H2,29,30,32). The fraction of sp³-hybridized carbons (Fsp3) is 0.200. The number of rotatable bonds is 7. The van der Waals surface area contributed by atoms with Crippen LogP contribution in [0.1, 0.15) is 29.8 Å². The minimum absolute atomic E-state index is 0.202. The van der Waals surface area contributed by atoms with E-state index in [1.54, 1.807) is 55.0 Å². The number of aromatic nitrogens is 1. The molecule has 1 aromatic heterocycles. The quantitative estimate of drug-likeness (QED) is 0.207. The van der Waals surface area contributed by atoms with Crippen LogP contribution in [0.4, 0.5) is 5.69 Å². The molecule has 1 heterocycles. The third-order valence-corrected chi connectivity index (χ3v) is 5.28. The van der Waals surface area contributed by atoms with Crippen LogP contribution in [-0.4, -0.2) is 23.0 Å². The van der Waals surface area contributed by atoms with E-state index in [4.69, 9.17) is 11.6 Å². The number of pyridine rings is 1. The van der Waals surface area contributed by atoms with Gasteiger partial charge in [0.15, 0.2) is 0 Å². The van der Waals surface area contributed by atoms with Crippen molar-refractivity contribution in [2.24, 2.45) is 10.4 Å². The zero-order chi connectivity index (χ0) is 23.7. The molecule has 3 aromatic rings. The number of nitriles is 1. The monoisotopic (exact) mass is 460 g/mol. The van der Waals surface area contributed by atoms with Crippen LogP contribution in [0, 0.1) is 16.9 Å². The Balaban J connectivity index is 1.87. The maximum absolute atomic E-state index is 13.0. The van der Waals surface area contributed by atoms with Crippen LogP contribution in [-0.2, 0) is 6.42 Å². The lowest BCUT2D eigenvalue weighted by molar-refractivity contribution is 0.0885. The third-order valence-electron chi connectivity index (χ3n) is 5.03. The predicted molar refractivity (Wildman–Crippen MR) is 131 cm³/mol. The highest BCUT2D eigenvalue weighted by Crippen LogP contribution is 2.26. The lowest BCUT2D eigenvalue weighted by Gasteiger charge is -2.36. The molecular weight excluding hydrogens is 436 g/mol. The van der Waals surface area contributed by atoms with Gasteiger partial charge < -0.3 is 16.0 Å². The summed E-state index contributed by atoms with van der Waals surface area (Å²) >= 11 is 5.96. The molecule has 3 rings (SSSR count). The molecule has 0 spiro atoms. The highest BCUT2D eigenvalue weighted by molar-refractivity contribution is 6.30. The largest absolute Gasteiger partial charge is 0.335 e. The van der Waals surface area contributed by atoms with E-state index < -0.39 is 11.6 Å². The van der Waals surface area contributed by atoms with Crippen molar-refractivity contribution in [1.29, 1.82) is 5.26 Å². The minimum atomic E-state index is -0.572. The van der Waals surface area contributed by atoms with Gasteiger partial charge in [-0.1, -0.05) is 55.8 Å². The summed E-state index contributed by atoms with van der Waals surface area (Å²) in [6.45, 7) is 4.07. The van der Waals surface area contributed by atoms with E-state index in [1.165, 1.54) is 0 Å². The first-order valence-corrected chi connectivity index (χ1v) is 10.8. The number of aliphatic imine (C=N–C) groups is 1. The Hall–Kier alpha value is -3.89. The summed E-state index contributed by atoms with van der Waals surface area (Å²) < 4.78 is 0. The van der Waals surface area contributed by atoms with Crippen LogP contribution < -0.4 is 16.0 Å². The van der Waals surface area contributed by atoms with Gasteiger partial charge in [-0.15, -0.1) is 4.99 Å². The first-order chi connectivity index (χ1) is 15.9. The van der Waals surface area contributed by atoms with Crippen LogP contribution in [0.2, 0.25) is 5.02 Å². The summed E-state index contributed by atoms with van der Waals surface area (Å²) in [6.07, 6.45) is 5.16. The summed E-state index contributed by atoms with van der Waals surface area (Å²) in [7, 11) is 0. The predicted octanol–water partition coefficient (Wildman–Crippen LogP) is 4.60. The number of halogens is 1. The fourth-order valence-electron chi connectivity index (χ4n) is 3.32. The first-order valence-electron chi connectivity index (χ1n) is 10.4. The van der Waals surface area contributed by atoms with Crippen LogP contribution in [0.5, 0.6) is 0 Å². The smallest absolute Gasteiger partial charge is 0.252 e. The van der Waals surface area contributed by atoms with E-state index in [-0.39, 0.29) is 11.9 Å². The maximum Gasteiger partial charge on any atom is 0.252 e. The molecule has 0 bridgehead atoms. The molecule has 2 aromatic carbocycles. The lowest BCUT2D eigenvalue weighted by Crippen LogP contribution is -2.57. The van der Waals surface area contributed by atoms with Crippen LogP contribution >= 0.6 is 11.6 Å². The molecule has 7 nitrogen and oxygen atoms in total. The molecule has 0 saturated carbocycles. The van der Waals surface area contributed by atoms with Crippen molar-refractivity contribution in [2.45, 2.75) is 26.4 Å². The SMILES string of the molecule is CC(C)(Cc1ccccc1)C(NC(=O)c1ccc(Cl)cc1)N/C(=N/C#N)Nc1cccnc1. The van der Waals surface area contributed by atoms with Gasteiger partial charge in [0.05, 0.1) is 11.9 Å². The molecule has 8 heteroatoms. The van der Waals surface area contributed by atoms with Crippen LogP contribution in [0.3, 0.4) is 0 Å². The summed E-state index contributed by atoms with van der Waals surface area (Å²) in [5, 5.41) is 19.1. The Morgan fingerprint density at radius 2 is 1.82 bits per heavy atom. The molecule has 168 valence electrons. The van der Waals surface area contributed by atoms with Crippen molar-refractivity contribution in [1.82, 2.24) is 15.6 Å². The molecule has 0 saturated heterocycles. The molecule has 0 radical (unpaired) electrons. The Morgan fingerprint density at radius 3 is 2.45 bits per heavy atom. The number of carbonyl (C=O) groups excluding carboxylic acids is 1. The van der Waals surface area contributed by atoms with Gasteiger partial charge in [-0.3, -0.25) is 9.78 Å². The highest BCUT2D eigenvalue weighted by atomic mass is 35.5. The van der Waals surface area contributed by atoms with Crippen molar-refractivity contribution in [3.8, 4) is 6.19 Å². The second-order valence-corrected chi connectivity index (χ2v) is 8.57. The van der Waals surface area contributed by atoms with Gasteiger partial charge in [0.1, 0.15) is 6.17 Å². The molecule has 0 aliphatic carbocycles. The van der Waals surface area contributed by atoms with E-state index in [0.29, 0.717) is 22.7 Å². The van der Waals surface area contributed by atoms with Gasteiger partial charge in [0.25, 0.3) is 5.91 Å². The number of carbonyl (C=O) groups is 1. The zero-order valence-corrected chi connectivity index (χ0v) is 19.2. The number of nitrogens with one attached hydrogen (secondary N) is 3. The number of guanidine groups is 1. The Labute approximate surface area is 198 Å². The average molecular weight is 461 g/mol. The number of hydrogen-bond acceptors (Lipinski definition) is 4. The van der Waals surface area contributed by atoms with Crippen molar-refractivity contribution >= 4 is 29.2 Å². The topological polar surface area (TPSA) is 102 Å². The van der Waals surface area contributed by atoms with Gasteiger partial charge in [-0.25, -0.2) is 0 Å². The molecule has 1 amide bonds. The van der Waals surface area contributed by atoms with E-state index >= 15 is 0 Å². The fourth-order valence-corrected chi connectivity index (χ4v) is 3.45. The number of benzene rings is 2. The number of nitrogens with zero attached hydrogens (tertiary/aromatic N) is 3. The number of hydrogen-bond donors (Lipinski definition) is 3. The normalized spacial score (nSPS) is 12.4. The second kappa shape index (κ2) is 11.1. The van der Waals surface area contributed by atoms with Crippen molar-refractivity contribution < 1.29 is 4.79 Å². The summed E-state index contributed by atoms with van der Waals surface area (Å²) in [5.74, 6) is -0.0731. The average Bonchev–Trinajstić information content (AvgIpc) is 2.80. The van der Waals surface area contributed by atoms with E-state index in [0.717, 1.165) is 5.56 Å². The summed E-state index contributed by atoms with van der Waals surface area (Å²) in [4.78, 5) is 21.0. The Kier molecular flexibility index (Phi) is 8.01. The zero-order valence-electron chi connectivity index (χ0n) is 18.4. The molecule has 0 aliphatic rings. The van der Waals surface area contributed by atoms with Gasteiger partial charge >= 0.3 is 0 Å². The van der Waals surface area contributed by atoms with Crippen LogP contribution in [0.25, 0.3) is 0 Å². The Morgan fingerprint density at radius 1 is 1.09 bits per heavy atom. The van der Waals surface area contributed by atoms with Gasteiger partial charge in [0.2, 0.25) is 12.2 Å². The molecule has 3 N–H and O–H groups in total. The third kappa shape index (κ3) is 7.06. The molecule has 1 atom stereocenters. The number of anilines is 1. The van der Waals surface area contributed by atoms with Crippen LogP contribution in [0.15, 0.2) is 84.1 Å². The lowest BCUT2D eigenvalue weighted by atomic mass is 9.82. The molecule has 0 fully saturated rings. The molecule has 0 aliphatic heterocycles. The molecular formula is C25H25ClN6O.